The molecule has 0 saturated heterocycles. The van der Waals surface area contributed by atoms with E-state index in [9.17, 15) is 4.57 Å². The van der Waals surface area contributed by atoms with E-state index in [0.717, 1.165) is 13.1 Å². The summed E-state index contributed by atoms with van der Waals surface area (Å²) >= 11 is 0. The van der Waals surface area contributed by atoms with E-state index >= 15 is 0 Å². The van der Waals surface area contributed by atoms with Gasteiger partial charge in [-0.2, -0.15) is 0 Å². The normalized spacial score (nSPS) is 13.1. The minimum atomic E-state index is -3.95. The molecule has 0 aliphatic heterocycles. The average molecular weight is 253 g/mol. The lowest BCUT2D eigenvalue weighted by atomic mass is 10.4. The Morgan fingerprint density at radius 2 is 1.25 bits per heavy atom. The quantitative estimate of drug-likeness (QED) is 0.571. The predicted octanol–water partition coefficient (Wildman–Crippen LogP) is -0.453. The smallest absolute Gasteiger partial charge is 0.324 e. The first-order valence-electron chi connectivity index (χ1n) is 5.27. The molecule has 0 atom stereocenters. The third-order valence-corrected chi connectivity index (χ3v) is 2.88. The molecular weight excluding hydrogens is 229 g/mol. The molecule has 0 amide bonds. The lowest BCUT2D eigenvalue weighted by Gasteiger charge is -2.25. The molecule has 0 aromatic carbocycles. The van der Waals surface area contributed by atoms with Crippen molar-refractivity contribution in [1.82, 2.24) is 14.7 Å². The summed E-state index contributed by atoms with van der Waals surface area (Å²) in [6.07, 6.45) is -0.158. The molecule has 0 aromatic heterocycles. The van der Waals surface area contributed by atoms with Crippen molar-refractivity contribution in [2.24, 2.45) is 0 Å². The van der Waals surface area contributed by atoms with Crippen molar-refractivity contribution in [3.63, 3.8) is 0 Å². The maximum atomic E-state index is 11.0. The van der Waals surface area contributed by atoms with Crippen molar-refractivity contribution in [2.75, 3.05) is 60.7 Å². The molecule has 0 saturated carbocycles. The van der Waals surface area contributed by atoms with Crippen LogP contribution in [0.2, 0.25) is 0 Å². The number of hydrogen-bond donors (Lipinski definition) is 2. The van der Waals surface area contributed by atoms with E-state index in [2.05, 4.69) is 0 Å². The van der Waals surface area contributed by atoms with Crippen molar-refractivity contribution in [3.05, 3.63) is 0 Å². The van der Waals surface area contributed by atoms with E-state index in [1.807, 2.05) is 38.0 Å². The van der Waals surface area contributed by atoms with E-state index in [-0.39, 0.29) is 6.29 Å². The minimum Gasteiger partial charge on any atom is -0.324 e. The van der Waals surface area contributed by atoms with Crippen LogP contribution in [0.4, 0.5) is 0 Å². The van der Waals surface area contributed by atoms with Crippen LogP contribution in [0.25, 0.3) is 0 Å². The molecule has 0 bridgehead atoms. The van der Waals surface area contributed by atoms with Crippen LogP contribution in [0.15, 0.2) is 0 Å². The first-order valence-corrected chi connectivity index (χ1v) is 7.07. The van der Waals surface area contributed by atoms with Crippen LogP contribution in [-0.4, -0.2) is 85.1 Å². The molecule has 7 heteroatoms. The van der Waals surface area contributed by atoms with Gasteiger partial charge in [0, 0.05) is 26.2 Å². The van der Waals surface area contributed by atoms with E-state index in [4.69, 9.17) is 9.79 Å². The monoisotopic (exact) mass is 253 g/mol. The van der Waals surface area contributed by atoms with Gasteiger partial charge in [-0.3, -0.25) is 9.46 Å². The van der Waals surface area contributed by atoms with Crippen molar-refractivity contribution in [3.8, 4) is 0 Å². The Kier molecular flexibility index (Phi) is 7.39. The lowest BCUT2D eigenvalue weighted by Crippen LogP contribution is -2.37. The molecule has 0 aliphatic carbocycles. The summed E-state index contributed by atoms with van der Waals surface area (Å²) in [5.74, 6) is 0. The summed E-state index contributed by atoms with van der Waals surface area (Å²) < 4.78 is 11.0. The van der Waals surface area contributed by atoms with E-state index in [1.165, 1.54) is 0 Å². The second kappa shape index (κ2) is 7.37. The zero-order chi connectivity index (χ0) is 12.8. The molecule has 0 fully saturated rings. The van der Waals surface area contributed by atoms with Crippen LogP contribution in [0.3, 0.4) is 0 Å². The van der Waals surface area contributed by atoms with E-state index in [0.29, 0.717) is 13.1 Å². The van der Waals surface area contributed by atoms with E-state index in [1.54, 1.807) is 4.90 Å². The summed E-state index contributed by atoms with van der Waals surface area (Å²) in [5, 5.41) is 0. The Bertz CT molecular complexity index is 218. The van der Waals surface area contributed by atoms with Crippen LogP contribution in [0.1, 0.15) is 0 Å². The maximum absolute atomic E-state index is 11.0. The molecule has 6 nitrogen and oxygen atoms in total. The Morgan fingerprint density at radius 3 is 1.50 bits per heavy atom. The second-order valence-corrected chi connectivity index (χ2v) is 6.14. The Hall–Kier alpha value is 0.0300. The van der Waals surface area contributed by atoms with Crippen LogP contribution in [0, 0.1) is 0 Å². The first-order chi connectivity index (χ1) is 7.20. The van der Waals surface area contributed by atoms with Crippen LogP contribution >= 0.6 is 7.60 Å². The fourth-order valence-corrected chi connectivity index (χ4v) is 2.00. The Morgan fingerprint density at radius 1 is 0.875 bits per heavy atom. The molecule has 0 unspecified atom stereocenters. The average Bonchev–Trinajstić information content (AvgIpc) is 2.07. The molecule has 0 radical (unpaired) electrons. The van der Waals surface area contributed by atoms with Gasteiger partial charge < -0.3 is 19.6 Å². The van der Waals surface area contributed by atoms with Gasteiger partial charge >= 0.3 is 7.60 Å². The summed E-state index contributed by atoms with van der Waals surface area (Å²) in [4.78, 5) is 23.7. The molecule has 0 aliphatic rings. The number of likely N-dealkylation sites (N-methyl/N-ethyl adjacent to an activating group) is 2. The van der Waals surface area contributed by atoms with Gasteiger partial charge in [-0.05, 0) is 28.2 Å². The fourth-order valence-electron chi connectivity index (χ4n) is 1.20. The molecule has 0 heterocycles. The van der Waals surface area contributed by atoms with Gasteiger partial charge in [0.05, 0.1) is 0 Å². The van der Waals surface area contributed by atoms with Gasteiger partial charge in [0.15, 0.2) is 0 Å². The topological polar surface area (TPSA) is 67.2 Å². The third-order valence-electron chi connectivity index (χ3n) is 2.11. The highest BCUT2D eigenvalue weighted by atomic mass is 31.2. The van der Waals surface area contributed by atoms with Gasteiger partial charge in [0.1, 0.15) is 6.29 Å². The minimum absolute atomic E-state index is 0.158. The van der Waals surface area contributed by atoms with Gasteiger partial charge in [0.25, 0.3) is 0 Å². The summed E-state index contributed by atoms with van der Waals surface area (Å²) in [5.41, 5.74) is 0. The van der Waals surface area contributed by atoms with Gasteiger partial charge in [0.2, 0.25) is 0 Å². The zero-order valence-corrected chi connectivity index (χ0v) is 11.5. The van der Waals surface area contributed by atoms with Crippen molar-refractivity contribution >= 4 is 7.60 Å². The Balaban J connectivity index is 4.11. The largest absolute Gasteiger partial charge is 0.339 e. The highest BCUT2D eigenvalue weighted by molar-refractivity contribution is 7.51. The Labute approximate surface area is 98.0 Å². The first kappa shape index (κ1) is 16.0. The molecule has 0 spiro atoms. The standard InChI is InChI=1S/C9H24N3O3P/c1-10(2)5-7-12(8-6-11(3)4)9-16(13,14)15/h5-9H2,1-4H3,(H2,13,14,15). The highest BCUT2D eigenvalue weighted by Crippen LogP contribution is 2.34. The molecule has 2 N–H and O–H groups in total. The van der Waals surface area contributed by atoms with E-state index < -0.39 is 7.60 Å². The number of nitrogens with zero attached hydrogens (tertiary/aromatic N) is 3. The third kappa shape index (κ3) is 10.5. The van der Waals surface area contributed by atoms with Gasteiger partial charge in [-0.1, -0.05) is 0 Å². The summed E-state index contributed by atoms with van der Waals surface area (Å²) in [7, 11) is 3.83. The summed E-state index contributed by atoms with van der Waals surface area (Å²) in [6.45, 7) is 2.94. The molecule has 16 heavy (non-hydrogen) atoms. The zero-order valence-electron chi connectivity index (χ0n) is 10.6. The molecule has 0 rings (SSSR count). The van der Waals surface area contributed by atoms with Crippen molar-refractivity contribution < 1.29 is 14.4 Å². The number of hydrogen-bond acceptors (Lipinski definition) is 4. The SMILES string of the molecule is CN(C)CCN(CCN(C)C)CP(=O)(O)O. The van der Waals surface area contributed by atoms with Gasteiger partial charge in [-0.25, -0.2) is 0 Å². The molecular formula is C9H24N3O3P. The lowest BCUT2D eigenvalue weighted by molar-refractivity contribution is 0.227. The maximum Gasteiger partial charge on any atom is 0.339 e. The van der Waals surface area contributed by atoms with Crippen LogP contribution in [-0.2, 0) is 4.57 Å². The van der Waals surface area contributed by atoms with Crippen LogP contribution < -0.4 is 0 Å². The predicted molar refractivity (Wildman–Crippen MR) is 65.6 cm³/mol. The van der Waals surface area contributed by atoms with Crippen molar-refractivity contribution in [1.29, 1.82) is 0 Å². The fraction of sp³-hybridized carbons (Fsp3) is 1.00. The van der Waals surface area contributed by atoms with Gasteiger partial charge in [-0.15, -0.1) is 0 Å². The molecule has 98 valence electrons. The van der Waals surface area contributed by atoms with Crippen molar-refractivity contribution in [2.45, 2.75) is 0 Å². The highest BCUT2D eigenvalue weighted by Gasteiger charge is 2.18. The number of rotatable bonds is 8. The molecule has 0 aromatic rings. The van der Waals surface area contributed by atoms with Crippen LogP contribution in [0.5, 0.6) is 0 Å². The second-order valence-electron chi connectivity index (χ2n) is 4.53. The summed E-state index contributed by atoms with van der Waals surface area (Å²) in [6, 6.07) is 0.